The van der Waals surface area contributed by atoms with Gasteiger partial charge in [-0.25, -0.2) is 4.98 Å². The number of nitrogens with two attached hydrogens (primary N) is 1. The number of ether oxygens (including phenoxy) is 1. The van der Waals surface area contributed by atoms with Gasteiger partial charge >= 0.3 is 0 Å². The Kier molecular flexibility index (Phi) is 3.45. The molecule has 4 nitrogen and oxygen atoms in total. The highest BCUT2D eigenvalue weighted by Gasteiger charge is 2.09. The fraction of sp³-hybridized carbons (Fsp3) is 0.400. The van der Waals surface area contributed by atoms with Crippen molar-refractivity contribution in [2.24, 2.45) is 5.73 Å². The Morgan fingerprint density at radius 3 is 3.00 bits per heavy atom. The third-order valence-corrected chi connectivity index (χ3v) is 1.93. The van der Waals surface area contributed by atoms with Gasteiger partial charge in [0.25, 0.3) is 0 Å². The lowest BCUT2D eigenvalue weighted by Gasteiger charge is -2.14. The molecule has 76 valence electrons. The maximum atomic E-state index is 7.31. The average molecular weight is 193 g/mol. The van der Waals surface area contributed by atoms with Crippen molar-refractivity contribution >= 4 is 5.84 Å². The Morgan fingerprint density at radius 1 is 1.71 bits per heavy atom. The van der Waals surface area contributed by atoms with Crippen LogP contribution in [0, 0.1) is 5.41 Å². The van der Waals surface area contributed by atoms with E-state index in [2.05, 4.69) is 4.98 Å². The number of nitrogens with zero attached hydrogens (tertiary/aromatic N) is 1. The molecule has 1 heterocycles. The summed E-state index contributed by atoms with van der Waals surface area (Å²) in [7, 11) is 0. The predicted octanol–water partition coefficient (Wildman–Crippen LogP) is 1.54. The van der Waals surface area contributed by atoms with Crippen LogP contribution >= 0.6 is 0 Å². The molecule has 0 aliphatic rings. The molecule has 3 N–H and O–H groups in total. The van der Waals surface area contributed by atoms with Gasteiger partial charge < -0.3 is 10.5 Å². The Labute approximate surface area is 83.6 Å². The van der Waals surface area contributed by atoms with Gasteiger partial charge in [-0.05, 0) is 25.5 Å². The average Bonchev–Trinajstić information content (AvgIpc) is 2.18. The van der Waals surface area contributed by atoms with E-state index in [1.165, 1.54) is 0 Å². The smallest absolute Gasteiger partial charge is 0.149 e. The van der Waals surface area contributed by atoms with Crippen LogP contribution in [0.15, 0.2) is 18.3 Å². The topological polar surface area (TPSA) is 72.0 Å². The number of aromatic nitrogens is 1. The molecule has 0 bridgehead atoms. The molecule has 0 aromatic carbocycles. The quantitative estimate of drug-likeness (QED) is 0.562. The van der Waals surface area contributed by atoms with Gasteiger partial charge in [-0.2, -0.15) is 0 Å². The lowest BCUT2D eigenvalue weighted by molar-refractivity contribution is 0.216. The van der Waals surface area contributed by atoms with Crippen molar-refractivity contribution in [1.29, 1.82) is 5.41 Å². The van der Waals surface area contributed by atoms with Crippen molar-refractivity contribution in [1.82, 2.24) is 4.98 Å². The fourth-order valence-corrected chi connectivity index (χ4v) is 0.988. The molecule has 0 aliphatic heterocycles. The second-order valence-corrected chi connectivity index (χ2v) is 3.10. The first-order valence-electron chi connectivity index (χ1n) is 4.61. The lowest BCUT2D eigenvalue weighted by atomic mass is 10.3. The van der Waals surface area contributed by atoms with Crippen molar-refractivity contribution in [3.63, 3.8) is 0 Å². The largest absolute Gasteiger partial charge is 0.488 e. The summed E-state index contributed by atoms with van der Waals surface area (Å²) in [6, 6.07) is 3.54. The number of amidine groups is 1. The maximum absolute atomic E-state index is 7.31. The molecule has 1 atom stereocenters. The van der Waals surface area contributed by atoms with Crippen LogP contribution in [0.5, 0.6) is 5.75 Å². The van der Waals surface area contributed by atoms with Crippen molar-refractivity contribution in [3.8, 4) is 5.75 Å². The minimum Gasteiger partial charge on any atom is -0.488 e. The Morgan fingerprint density at radius 2 is 2.43 bits per heavy atom. The molecule has 14 heavy (non-hydrogen) atoms. The van der Waals surface area contributed by atoms with Gasteiger partial charge in [0.1, 0.15) is 17.3 Å². The van der Waals surface area contributed by atoms with Crippen LogP contribution in [0.1, 0.15) is 26.0 Å². The van der Waals surface area contributed by atoms with Crippen LogP contribution in [-0.4, -0.2) is 16.9 Å². The van der Waals surface area contributed by atoms with Gasteiger partial charge in [-0.1, -0.05) is 6.92 Å². The highest BCUT2D eigenvalue weighted by atomic mass is 16.5. The number of nitrogens with one attached hydrogen (secondary N) is 1. The van der Waals surface area contributed by atoms with Gasteiger partial charge in [0, 0.05) is 6.20 Å². The van der Waals surface area contributed by atoms with Gasteiger partial charge in [0.05, 0.1) is 6.10 Å². The number of rotatable bonds is 4. The summed E-state index contributed by atoms with van der Waals surface area (Å²) < 4.78 is 5.57. The Balaban J connectivity index is 2.90. The van der Waals surface area contributed by atoms with E-state index in [1.54, 1.807) is 18.3 Å². The van der Waals surface area contributed by atoms with E-state index in [4.69, 9.17) is 15.9 Å². The summed E-state index contributed by atoms with van der Waals surface area (Å²) in [4.78, 5) is 3.99. The first-order valence-corrected chi connectivity index (χ1v) is 4.61. The molecule has 0 aliphatic carbocycles. The molecule has 1 aromatic rings. The van der Waals surface area contributed by atoms with Crippen LogP contribution in [0.2, 0.25) is 0 Å². The van der Waals surface area contributed by atoms with Crippen molar-refractivity contribution in [2.45, 2.75) is 26.4 Å². The van der Waals surface area contributed by atoms with E-state index in [0.29, 0.717) is 11.4 Å². The van der Waals surface area contributed by atoms with Crippen molar-refractivity contribution in [3.05, 3.63) is 24.0 Å². The van der Waals surface area contributed by atoms with Gasteiger partial charge in [0.2, 0.25) is 0 Å². The standard InChI is InChI=1S/C10H15N3O/c1-3-7(2)14-8-5-4-6-13-9(8)10(11)12/h4-7H,3H2,1-2H3,(H3,11,12). The summed E-state index contributed by atoms with van der Waals surface area (Å²) in [5, 5.41) is 7.31. The zero-order valence-corrected chi connectivity index (χ0v) is 8.45. The van der Waals surface area contributed by atoms with Gasteiger partial charge in [-0.3, -0.25) is 5.41 Å². The molecule has 0 spiro atoms. The second kappa shape index (κ2) is 4.60. The van der Waals surface area contributed by atoms with Crippen LogP contribution in [-0.2, 0) is 0 Å². The molecule has 0 radical (unpaired) electrons. The van der Waals surface area contributed by atoms with E-state index in [-0.39, 0.29) is 11.9 Å². The zero-order chi connectivity index (χ0) is 10.6. The van der Waals surface area contributed by atoms with E-state index in [0.717, 1.165) is 6.42 Å². The minimum absolute atomic E-state index is 0.0658. The number of pyridine rings is 1. The number of hydrogen-bond donors (Lipinski definition) is 2. The van der Waals surface area contributed by atoms with E-state index >= 15 is 0 Å². The summed E-state index contributed by atoms with van der Waals surface area (Å²) in [6.45, 7) is 4.01. The number of nitrogen functional groups attached to an aromatic ring is 1. The third kappa shape index (κ3) is 2.45. The van der Waals surface area contributed by atoms with Crippen LogP contribution < -0.4 is 10.5 Å². The second-order valence-electron chi connectivity index (χ2n) is 3.10. The zero-order valence-electron chi connectivity index (χ0n) is 8.45. The molecular formula is C10H15N3O. The van der Waals surface area contributed by atoms with Crippen LogP contribution in [0.3, 0.4) is 0 Å². The Hall–Kier alpha value is -1.58. The fourth-order valence-electron chi connectivity index (χ4n) is 0.988. The third-order valence-electron chi connectivity index (χ3n) is 1.93. The molecule has 1 unspecified atom stereocenters. The van der Waals surface area contributed by atoms with Crippen LogP contribution in [0.4, 0.5) is 0 Å². The van der Waals surface area contributed by atoms with Gasteiger partial charge in [-0.15, -0.1) is 0 Å². The van der Waals surface area contributed by atoms with E-state index in [1.807, 2.05) is 13.8 Å². The molecule has 0 fully saturated rings. The lowest BCUT2D eigenvalue weighted by Crippen LogP contribution is -2.18. The minimum atomic E-state index is -0.0658. The van der Waals surface area contributed by atoms with E-state index in [9.17, 15) is 0 Å². The molecular weight excluding hydrogens is 178 g/mol. The molecule has 0 saturated heterocycles. The van der Waals surface area contributed by atoms with E-state index < -0.39 is 0 Å². The van der Waals surface area contributed by atoms with Crippen molar-refractivity contribution in [2.75, 3.05) is 0 Å². The molecule has 0 amide bonds. The summed E-state index contributed by atoms with van der Waals surface area (Å²) in [5.74, 6) is 0.512. The molecule has 4 heteroatoms. The first kappa shape index (κ1) is 10.5. The highest BCUT2D eigenvalue weighted by molar-refractivity contribution is 5.95. The highest BCUT2D eigenvalue weighted by Crippen LogP contribution is 2.16. The summed E-state index contributed by atoms with van der Waals surface area (Å²) >= 11 is 0. The predicted molar refractivity (Wildman–Crippen MR) is 55.6 cm³/mol. The van der Waals surface area contributed by atoms with Crippen molar-refractivity contribution < 1.29 is 4.74 Å². The Bertz CT molecular complexity index is 325. The summed E-state index contributed by atoms with van der Waals surface area (Å²) in [6.07, 6.45) is 2.62. The number of hydrogen-bond acceptors (Lipinski definition) is 3. The first-order chi connectivity index (χ1) is 6.65. The maximum Gasteiger partial charge on any atom is 0.149 e. The van der Waals surface area contributed by atoms with Gasteiger partial charge in [0.15, 0.2) is 0 Å². The monoisotopic (exact) mass is 193 g/mol. The SMILES string of the molecule is CCC(C)Oc1cccnc1C(=N)N. The normalized spacial score (nSPS) is 12.1. The molecule has 1 rings (SSSR count). The molecule has 1 aromatic heterocycles. The summed E-state index contributed by atoms with van der Waals surface area (Å²) in [5.41, 5.74) is 5.78. The van der Waals surface area contributed by atoms with Crippen LogP contribution in [0.25, 0.3) is 0 Å². The molecule has 0 saturated carbocycles.